The molecule has 1 saturated heterocycles. The van der Waals surface area contributed by atoms with Gasteiger partial charge in [-0.05, 0) is 25.2 Å². The average molecular weight is 337 g/mol. The van der Waals surface area contributed by atoms with E-state index in [-0.39, 0.29) is 29.4 Å². The number of amides is 2. The van der Waals surface area contributed by atoms with Crippen molar-refractivity contribution in [2.45, 2.75) is 58.1 Å². The number of carbonyl (C=O) groups is 2. The van der Waals surface area contributed by atoms with Crippen LogP contribution in [0, 0.1) is 11.3 Å². The van der Waals surface area contributed by atoms with E-state index in [4.69, 9.17) is 4.74 Å². The third-order valence-corrected chi connectivity index (χ3v) is 5.45. The predicted molar refractivity (Wildman–Crippen MR) is 88.3 cm³/mol. The molecule has 1 saturated carbocycles. The van der Waals surface area contributed by atoms with Crippen molar-refractivity contribution in [1.82, 2.24) is 10.3 Å². The number of hydrazone groups is 1. The summed E-state index contributed by atoms with van der Waals surface area (Å²) in [5.74, 6) is 0.0617. The smallest absolute Gasteiger partial charge is 0.267 e. The van der Waals surface area contributed by atoms with E-state index in [9.17, 15) is 14.7 Å². The summed E-state index contributed by atoms with van der Waals surface area (Å²) >= 11 is 0. The minimum Gasteiger partial charge on any atom is -0.392 e. The van der Waals surface area contributed by atoms with Gasteiger partial charge in [0.05, 0.1) is 6.10 Å². The number of hydrogen-bond acceptors (Lipinski definition) is 5. The SMILES string of the molecule is CC(C)CN1N=C(C(=O)N[C@@H]2C[C@@H](O)C23CCOCC3)CCC1=O. The standard InChI is InChI=1S/C17H27N3O4/c1-11(2)10-20-15(22)4-3-12(19-20)16(23)18-13-9-14(21)17(13)5-7-24-8-6-17/h11,13-14,21H,3-10H2,1-2H3,(H,18,23)/t13-,14-/m1/s1. The topological polar surface area (TPSA) is 91.2 Å². The van der Waals surface area contributed by atoms with Crippen molar-refractivity contribution in [3.8, 4) is 0 Å². The van der Waals surface area contributed by atoms with Gasteiger partial charge in [0.15, 0.2) is 0 Å². The van der Waals surface area contributed by atoms with Crippen LogP contribution < -0.4 is 5.32 Å². The van der Waals surface area contributed by atoms with Gasteiger partial charge in [0, 0.05) is 44.1 Å². The van der Waals surface area contributed by atoms with Crippen LogP contribution in [0.3, 0.4) is 0 Å². The zero-order valence-corrected chi connectivity index (χ0v) is 14.5. The van der Waals surface area contributed by atoms with Crippen LogP contribution in [0.2, 0.25) is 0 Å². The first-order chi connectivity index (χ1) is 11.4. The molecule has 0 bridgehead atoms. The van der Waals surface area contributed by atoms with Crippen LogP contribution in [0.1, 0.15) is 46.0 Å². The quantitative estimate of drug-likeness (QED) is 0.789. The molecule has 1 spiro atoms. The first kappa shape index (κ1) is 17.4. The van der Waals surface area contributed by atoms with E-state index in [0.717, 1.165) is 12.8 Å². The molecule has 2 fully saturated rings. The second-order valence-electron chi connectivity index (χ2n) is 7.54. The molecule has 7 nitrogen and oxygen atoms in total. The monoisotopic (exact) mass is 337 g/mol. The van der Waals surface area contributed by atoms with Crippen LogP contribution in [0.25, 0.3) is 0 Å². The fraction of sp³-hybridized carbons (Fsp3) is 0.824. The minimum absolute atomic E-state index is 0.0276. The Morgan fingerprint density at radius 2 is 2.12 bits per heavy atom. The first-order valence-electron chi connectivity index (χ1n) is 8.87. The van der Waals surface area contributed by atoms with Crippen molar-refractivity contribution in [3.63, 3.8) is 0 Å². The first-order valence-corrected chi connectivity index (χ1v) is 8.87. The zero-order valence-electron chi connectivity index (χ0n) is 14.5. The summed E-state index contributed by atoms with van der Waals surface area (Å²) in [7, 11) is 0. The summed E-state index contributed by atoms with van der Waals surface area (Å²) in [4.78, 5) is 24.5. The Kier molecular flexibility index (Phi) is 4.92. The number of aliphatic hydroxyl groups excluding tert-OH is 1. The van der Waals surface area contributed by atoms with Gasteiger partial charge < -0.3 is 15.2 Å². The lowest BCUT2D eigenvalue weighted by Gasteiger charge is -2.55. The van der Waals surface area contributed by atoms with Crippen LogP contribution in [-0.2, 0) is 14.3 Å². The molecule has 0 aromatic rings. The number of aliphatic hydroxyl groups is 1. The number of carbonyl (C=O) groups excluding carboxylic acids is 2. The number of ether oxygens (including phenoxy) is 1. The molecule has 0 aromatic heterocycles. The molecule has 24 heavy (non-hydrogen) atoms. The lowest BCUT2D eigenvalue weighted by atomic mass is 9.58. The molecular weight excluding hydrogens is 310 g/mol. The molecule has 134 valence electrons. The Hall–Kier alpha value is -1.47. The summed E-state index contributed by atoms with van der Waals surface area (Å²) in [6.45, 7) is 5.81. The number of hydrogen-bond donors (Lipinski definition) is 2. The normalized spacial score (nSPS) is 29.4. The van der Waals surface area contributed by atoms with Crippen LogP contribution in [0.4, 0.5) is 0 Å². The maximum Gasteiger partial charge on any atom is 0.267 e. The minimum atomic E-state index is -0.376. The molecule has 7 heteroatoms. The highest BCUT2D eigenvalue weighted by Gasteiger charge is 2.55. The van der Waals surface area contributed by atoms with Crippen molar-refractivity contribution >= 4 is 17.5 Å². The maximum absolute atomic E-state index is 12.6. The predicted octanol–water partition coefficient (Wildman–Crippen LogP) is 0.667. The maximum atomic E-state index is 12.6. The summed E-state index contributed by atoms with van der Waals surface area (Å²) in [5.41, 5.74) is 0.162. The molecule has 0 aromatic carbocycles. The van der Waals surface area contributed by atoms with E-state index >= 15 is 0 Å². The van der Waals surface area contributed by atoms with Gasteiger partial charge in [-0.15, -0.1) is 0 Å². The van der Waals surface area contributed by atoms with Crippen molar-refractivity contribution < 1.29 is 19.4 Å². The van der Waals surface area contributed by atoms with Crippen molar-refractivity contribution in [3.05, 3.63) is 0 Å². The number of nitrogens with zero attached hydrogens (tertiary/aromatic N) is 2. The van der Waals surface area contributed by atoms with Gasteiger partial charge in [0.1, 0.15) is 5.71 Å². The zero-order chi connectivity index (χ0) is 17.3. The highest BCUT2D eigenvalue weighted by atomic mass is 16.5. The Morgan fingerprint density at radius 1 is 1.42 bits per heavy atom. The largest absolute Gasteiger partial charge is 0.392 e. The van der Waals surface area contributed by atoms with Gasteiger partial charge in [-0.2, -0.15) is 5.10 Å². The molecule has 3 aliphatic rings. The molecule has 3 rings (SSSR count). The Morgan fingerprint density at radius 3 is 2.75 bits per heavy atom. The van der Waals surface area contributed by atoms with Crippen LogP contribution in [-0.4, -0.2) is 59.5 Å². The molecule has 2 amide bonds. The number of rotatable bonds is 4. The Bertz CT molecular complexity index is 540. The van der Waals surface area contributed by atoms with Crippen LogP contribution in [0.5, 0.6) is 0 Å². The highest BCUT2D eigenvalue weighted by molar-refractivity contribution is 6.39. The molecule has 2 aliphatic heterocycles. The summed E-state index contributed by atoms with van der Waals surface area (Å²) in [6, 6.07) is -0.0391. The molecule has 0 radical (unpaired) electrons. The third-order valence-electron chi connectivity index (χ3n) is 5.45. The fourth-order valence-electron chi connectivity index (χ4n) is 3.90. The van der Waals surface area contributed by atoms with Crippen molar-refractivity contribution in [1.29, 1.82) is 0 Å². The summed E-state index contributed by atoms with van der Waals surface area (Å²) < 4.78 is 5.39. The van der Waals surface area contributed by atoms with Gasteiger partial charge in [0.25, 0.3) is 5.91 Å². The van der Waals surface area contributed by atoms with Gasteiger partial charge in [-0.1, -0.05) is 13.8 Å². The van der Waals surface area contributed by atoms with Gasteiger partial charge >= 0.3 is 0 Å². The van der Waals surface area contributed by atoms with E-state index in [1.807, 2.05) is 13.8 Å². The van der Waals surface area contributed by atoms with E-state index in [2.05, 4.69) is 10.4 Å². The lowest BCUT2D eigenvalue weighted by Crippen LogP contribution is -2.66. The van der Waals surface area contributed by atoms with Gasteiger partial charge in [-0.3, -0.25) is 9.59 Å². The molecule has 2 heterocycles. The van der Waals surface area contributed by atoms with Gasteiger partial charge in [-0.25, -0.2) is 5.01 Å². The molecule has 0 unspecified atom stereocenters. The van der Waals surface area contributed by atoms with Crippen molar-refractivity contribution in [2.75, 3.05) is 19.8 Å². The summed E-state index contributed by atoms with van der Waals surface area (Å²) in [5, 5.41) is 18.9. The summed E-state index contributed by atoms with van der Waals surface area (Å²) in [6.07, 6.45) is 2.44. The van der Waals surface area contributed by atoms with Crippen LogP contribution in [0.15, 0.2) is 5.10 Å². The van der Waals surface area contributed by atoms with Crippen LogP contribution >= 0.6 is 0 Å². The fourth-order valence-corrected chi connectivity index (χ4v) is 3.90. The number of nitrogens with one attached hydrogen (secondary N) is 1. The second kappa shape index (κ2) is 6.80. The van der Waals surface area contributed by atoms with E-state index in [0.29, 0.717) is 50.7 Å². The van der Waals surface area contributed by atoms with E-state index < -0.39 is 0 Å². The average Bonchev–Trinajstić information content (AvgIpc) is 2.56. The molecule has 2 N–H and O–H groups in total. The molecule has 1 aliphatic carbocycles. The van der Waals surface area contributed by atoms with E-state index in [1.54, 1.807) is 0 Å². The Labute approximate surface area is 142 Å². The molecular formula is C17H27N3O4. The lowest BCUT2D eigenvalue weighted by molar-refractivity contribution is -0.153. The third kappa shape index (κ3) is 3.19. The van der Waals surface area contributed by atoms with Gasteiger partial charge in [0.2, 0.25) is 5.91 Å². The van der Waals surface area contributed by atoms with Crippen molar-refractivity contribution in [2.24, 2.45) is 16.4 Å². The molecule has 2 atom stereocenters. The Balaban J connectivity index is 1.65. The van der Waals surface area contributed by atoms with E-state index in [1.165, 1.54) is 5.01 Å². The highest BCUT2D eigenvalue weighted by Crippen LogP contribution is 2.48. The second-order valence-corrected chi connectivity index (χ2v) is 7.54.